The average molecular weight is 253 g/mol. The van der Waals surface area contributed by atoms with Crippen molar-refractivity contribution < 1.29 is 9.53 Å². The highest BCUT2D eigenvalue weighted by atomic mass is 79.9. The lowest BCUT2D eigenvalue weighted by atomic mass is 10.1. The molecule has 0 spiro atoms. The minimum Gasteiger partial charge on any atom is -0.461 e. The van der Waals surface area contributed by atoms with Crippen LogP contribution in [-0.4, -0.2) is 5.97 Å². The Hall–Kier alpha value is -1.27. The Morgan fingerprint density at radius 3 is 2.86 bits per heavy atom. The van der Waals surface area contributed by atoms with Gasteiger partial charge in [0.2, 0.25) is 0 Å². The van der Waals surface area contributed by atoms with Crippen LogP contribution in [0.25, 0.3) is 0 Å². The number of benzene rings is 1. The van der Waals surface area contributed by atoms with Crippen molar-refractivity contribution in [3.05, 3.63) is 33.8 Å². The van der Waals surface area contributed by atoms with Crippen LogP contribution in [-0.2, 0) is 16.1 Å². The first-order chi connectivity index (χ1) is 6.61. The van der Waals surface area contributed by atoms with Crippen LogP contribution in [0.4, 0.5) is 0 Å². The Morgan fingerprint density at radius 1 is 1.57 bits per heavy atom. The SMILES string of the molecule is C#Cc1cc(Br)cc(COC(C)=O)c1. The molecule has 0 aromatic heterocycles. The Bertz CT molecular complexity index is 391. The standard InChI is InChI=1S/C11H9BrO2/c1-3-9-4-10(6-11(12)5-9)7-14-8(2)13/h1,4-6H,7H2,2H3. The summed E-state index contributed by atoms with van der Waals surface area (Å²) in [5.41, 5.74) is 1.64. The van der Waals surface area contributed by atoms with E-state index in [9.17, 15) is 4.79 Å². The maximum Gasteiger partial charge on any atom is 0.302 e. The van der Waals surface area contributed by atoms with Crippen molar-refractivity contribution >= 4 is 21.9 Å². The maximum atomic E-state index is 10.6. The van der Waals surface area contributed by atoms with E-state index in [4.69, 9.17) is 11.2 Å². The second-order valence-corrected chi connectivity index (χ2v) is 3.69. The molecule has 0 aliphatic rings. The number of esters is 1. The van der Waals surface area contributed by atoms with E-state index in [-0.39, 0.29) is 12.6 Å². The molecule has 0 unspecified atom stereocenters. The highest BCUT2D eigenvalue weighted by Crippen LogP contribution is 2.16. The third kappa shape index (κ3) is 3.23. The Kier molecular flexibility index (Phi) is 3.73. The fourth-order valence-electron chi connectivity index (χ4n) is 1.00. The van der Waals surface area contributed by atoms with Gasteiger partial charge in [0.25, 0.3) is 0 Å². The summed E-state index contributed by atoms with van der Waals surface area (Å²) in [6, 6.07) is 5.51. The topological polar surface area (TPSA) is 26.3 Å². The first-order valence-electron chi connectivity index (χ1n) is 4.01. The summed E-state index contributed by atoms with van der Waals surface area (Å²) in [6.45, 7) is 1.63. The smallest absolute Gasteiger partial charge is 0.302 e. The molecule has 1 aromatic carbocycles. The van der Waals surface area contributed by atoms with Gasteiger partial charge >= 0.3 is 5.97 Å². The first-order valence-corrected chi connectivity index (χ1v) is 4.80. The van der Waals surface area contributed by atoms with Crippen LogP contribution in [0, 0.1) is 12.3 Å². The van der Waals surface area contributed by atoms with Gasteiger partial charge < -0.3 is 4.74 Å². The van der Waals surface area contributed by atoms with Gasteiger partial charge in [-0.3, -0.25) is 4.79 Å². The summed E-state index contributed by atoms with van der Waals surface area (Å²) in [5, 5.41) is 0. The van der Waals surface area contributed by atoms with E-state index < -0.39 is 0 Å². The predicted octanol–water partition coefficient (Wildman–Crippen LogP) is 2.49. The number of hydrogen-bond acceptors (Lipinski definition) is 2. The Labute approximate surface area is 91.4 Å². The number of rotatable bonds is 2. The van der Waals surface area contributed by atoms with Crippen LogP contribution < -0.4 is 0 Å². The minimum absolute atomic E-state index is 0.253. The lowest BCUT2D eigenvalue weighted by Gasteiger charge is -2.03. The van der Waals surface area contributed by atoms with E-state index in [1.54, 1.807) is 0 Å². The van der Waals surface area contributed by atoms with Gasteiger partial charge in [-0.2, -0.15) is 0 Å². The maximum absolute atomic E-state index is 10.6. The lowest BCUT2D eigenvalue weighted by molar-refractivity contribution is -0.142. The summed E-state index contributed by atoms with van der Waals surface area (Å²) >= 11 is 3.32. The van der Waals surface area contributed by atoms with Gasteiger partial charge in [0.1, 0.15) is 6.61 Å². The van der Waals surface area contributed by atoms with Crippen molar-refractivity contribution in [3.8, 4) is 12.3 Å². The molecule has 3 heteroatoms. The molecule has 0 saturated carbocycles. The Balaban J connectivity index is 2.82. The van der Waals surface area contributed by atoms with Crippen molar-refractivity contribution in [2.75, 3.05) is 0 Å². The summed E-state index contributed by atoms with van der Waals surface area (Å²) in [4.78, 5) is 10.6. The molecule has 0 aliphatic carbocycles. The molecule has 1 rings (SSSR count). The second-order valence-electron chi connectivity index (χ2n) is 2.77. The molecule has 0 heterocycles. The zero-order valence-corrected chi connectivity index (χ0v) is 9.30. The van der Waals surface area contributed by atoms with Crippen LogP contribution in [0.3, 0.4) is 0 Å². The van der Waals surface area contributed by atoms with Crippen molar-refractivity contribution in [1.82, 2.24) is 0 Å². The molecule has 14 heavy (non-hydrogen) atoms. The molecule has 1 aromatic rings. The molecule has 72 valence electrons. The monoisotopic (exact) mass is 252 g/mol. The minimum atomic E-state index is -0.299. The third-order valence-corrected chi connectivity index (χ3v) is 2.02. The first kappa shape index (κ1) is 10.8. The molecule has 0 N–H and O–H groups in total. The molecule has 0 atom stereocenters. The van der Waals surface area contributed by atoms with E-state index in [1.165, 1.54) is 6.92 Å². The van der Waals surface area contributed by atoms with Gasteiger partial charge in [0.15, 0.2) is 0 Å². The number of carbonyl (C=O) groups is 1. The normalized spacial score (nSPS) is 9.21. The van der Waals surface area contributed by atoms with Crippen LogP contribution >= 0.6 is 15.9 Å². The van der Waals surface area contributed by atoms with Crippen molar-refractivity contribution in [3.63, 3.8) is 0 Å². The van der Waals surface area contributed by atoms with Gasteiger partial charge in [0.05, 0.1) is 0 Å². The predicted molar refractivity (Wildman–Crippen MR) is 57.5 cm³/mol. The molecular formula is C11H9BrO2. The highest BCUT2D eigenvalue weighted by Gasteiger charge is 1.99. The van der Waals surface area contributed by atoms with Crippen molar-refractivity contribution in [1.29, 1.82) is 0 Å². The summed E-state index contributed by atoms with van der Waals surface area (Å²) in [6.07, 6.45) is 5.26. The average Bonchev–Trinajstić information content (AvgIpc) is 2.14. The fourth-order valence-corrected chi connectivity index (χ4v) is 1.54. The molecule has 0 radical (unpaired) electrons. The van der Waals surface area contributed by atoms with Gasteiger partial charge in [-0.05, 0) is 23.8 Å². The molecule has 0 aliphatic heterocycles. The molecule has 0 amide bonds. The molecule has 0 bridgehead atoms. The summed E-state index contributed by atoms with van der Waals surface area (Å²) < 4.78 is 5.74. The number of hydrogen-bond donors (Lipinski definition) is 0. The molecule has 0 fully saturated rings. The van der Waals surface area contributed by atoms with E-state index in [1.807, 2.05) is 18.2 Å². The van der Waals surface area contributed by atoms with Crippen molar-refractivity contribution in [2.45, 2.75) is 13.5 Å². The Morgan fingerprint density at radius 2 is 2.29 bits per heavy atom. The van der Waals surface area contributed by atoms with E-state index in [2.05, 4.69) is 21.9 Å². The summed E-state index contributed by atoms with van der Waals surface area (Å²) in [7, 11) is 0. The van der Waals surface area contributed by atoms with Crippen LogP contribution in [0.2, 0.25) is 0 Å². The molecule has 2 nitrogen and oxygen atoms in total. The zero-order chi connectivity index (χ0) is 10.6. The van der Waals surface area contributed by atoms with Crippen LogP contribution in [0.15, 0.2) is 22.7 Å². The molecular weight excluding hydrogens is 244 g/mol. The van der Waals surface area contributed by atoms with Gasteiger partial charge in [-0.1, -0.05) is 21.9 Å². The summed E-state index contributed by atoms with van der Waals surface area (Å²) in [5.74, 6) is 2.23. The number of ether oxygens (including phenoxy) is 1. The van der Waals surface area contributed by atoms with Crippen LogP contribution in [0.5, 0.6) is 0 Å². The molecule has 0 saturated heterocycles. The van der Waals surface area contributed by atoms with Crippen LogP contribution in [0.1, 0.15) is 18.1 Å². The third-order valence-electron chi connectivity index (χ3n) is 1.57. The number of carbonyl (C=O) groups excluding carboxylic acids is 1. The number of halogens is 1. The number of terminal acetylenes is 1. The lowest BCUT2D eigenvalue weighted by Crippen LogP contribution is -1.99. The van der Waals surface area contributed by atoms with Gasteiger partial charge in [0, 0.05) is 17.0 Å². The van der Waals surface area contributed by atoms with Gasteiger partial charge in [-0.25, -0.2) is 0 Å². The van der Waals surface area contributed by atoms with E-state index in [0.717, 1.165) is 15.6 Å². The fraction of sp³-hybridized carbons (Fsp3) is 0.182. The van der Waals surface area contributed by atoms with Gasteiger partial charge in [-0.15, -0.1) is 6.42 Å². The highest BCUT2D eigenvalue weighted by molar-refractivity contribution is 9.10. The quantitative estimate of drug-likeness (QED) is 0.598. The second kappa shape index (κ2) is 4.83. The van der Waals surface area contributed by atoms with E-state index >= 15 is 0 Å². The van der Waals surface area contributed by atoms with Crippen molar-refractivity contribution in [2.24, 2.45) is 0 Å². The largest absolute Gasteiger partial charge is 0.461 e. The van der Waals surface area contributed by atoms with E-state index in [0.29, 0.717) is 0 Å². The zero-order valence-electron chi connectivity index (χ0n) is 7.71.